The Bertz CT molecular complexity index is 340. The van der Waals surface area contributed by atoms with Crippen LogP contribution in [0.1, 0.15) is 70.4 Å². The summed E-state index contributed by atoms with van der Waals surface area (Å²) in [4.78, 5) is 0. The number of benzene rings is 1. The van der Waals surface area contributed by atoms with E-state index in [2.05, 4.69) is 49.5 Å². The van der Waals surface area contributed by atoms with E-state index in [9.17, 15) is 0 Å². The van der Waals surface area contributed by atoms with Crippen molar-refractivity contribution in [2.24, 2.45) is 5.92 Å². The summed E-state index contributed by atoms with van der Waals surface area (Å²) in [5.41, 5.74) is 1.45. The summed E-state index contributed by atoms with van der Waals surface area (Å²) in [5.74, 6) is 0.886. The van der Waals surface area contributed by atoms with Crippen LogP contribution in [-0.2, 0) is 0 Å². The number of nitrogens with one attached hydrogen (secondary N) is 1. The Morgan fingerprint density at radius 3 is 2.42 bits per heavy atom. The Morgan fingerprint density at radius 1 is 1.11 bits per heavy atom. The Hall–Kier alpha value is -0.820. The van der Waals surface area contributed by atoms with Gasteiger partial charge in [0.2, 0.25) is 0 Å². The van der Waals surface area contributed by atoms with Crippen LogP contribution < -0.4 is 5.32 Å². The maximum Gasteiger partial charge on any atom is 0.0322 e. The zero-order valence-electron chi connectivity index (χ0n) is 12.6. The average Bonchev–Trinajstić information content (AvgIpc) is 2.48. The minimum atomic E-state index is 0.531. The van der Waals surface area contributed by atoms with E-state index >= 15 is 0 Å². The first-order valence-electron chi connectivity index (χ1n) is 8.12. The highest BCUT2D eigenvalue weighted by Gasteiger charge is 2.22. The van der Waals surface area contributed by atoms with E-state index in [0.29, 0.717) is 12.1 Å². The fourth-order valence-corrected chi connectivity index (χ4v) is 3.41. The summed E-state index contributed by atoms with van der Waals surface area (Å²) in [5, 5.41) is 3.90. The normalized spacial score (nSPS) is 20.1. The third kappa shape index (κ3) is 4.35. The summed E-state index contributed by atoms with van der Waals surface area (Å²) in [6.07, 6.45) is 9.62. The highest BCUT2D eigenvalue weighted by Crippen LogP contribution is 2.28. The molecule has 0 amide bonds. The first-order chi connectivity index (χ1) is 9.31. The molecule has 1 aliphatic carbocycles. The molecule has 0 saturated heterocycles. The Morgan fingerprint density at radius 2 is 1.79 bits per heavy atom. The van der Waals surface area contributed by atoms with Gasteiger partial charge in [0.05, 0.1) is 0 Å². The van der Waals surface area contributed by atoms with Gasteiger partial charge in [-0.25, -0.2) is 0 Å². The van der Waals surface area contributed by atoms with Crippen LogP contribution in [0.2, 0.25) is 0 Å². The van der Waals surface area contributed by atoms with Crippen LogP contribution in [0.5, 0.6) is 0 Å². The second-order valence-corrected chi connectivity index (χ2v) is 6.11. The van der Waals surface area contributed by atoms with Crippen molar-refractivity contribution in [2.45, 2.75) is 70.9 Å². The predicted molar refractivity (Wildman–Crippen MR) is 83.3 cm³/mol. The lowest BCUT2D eigenvalue weighted by atomic mass is 9.84. The monoisotopic (exact) mass is 259 g/mol. The summed E-state index contributed by atoms with van der Waals surface area (Å²) in [7, 11) is 0. The lowest BCUT2D eigenvalue weighted by Gasteiger charge is -2.32. The molecule has 1 aliphatic rings. The molecule has 1 fully saturated rings. The van der Waals surface area contributed by atoms with Crippen LogP contribution in [0.4, 0.5) is 0 Å². The van der Waals surface area contributed by atoms with E-state index in [1.807, 2.05) is 0 Å². The molecule has 1 N–H and O–H groups in total. The third-order valence-electron chi connectivity index (χ3n) is 4.60. The number of hydrogen-bond acceptors (Lipinski definition) is 1. The minimum absolute atomic E-state index is 0.531. The molecule has 0 heterocycles. The zero-order valence-corrected chi connectivity index (χ0v) is 12.6. The molecule has 0 spiro atoms. The minimum Gasteiger partial charge on any atom is -0.307 e. The summed E-state index contributed by atoms with van der Waals surface area (Å²) in [6.45, 7) is 4.67. The van der Waals surface area contributed by atoms with Gasteiger partial charge in [-0.15, -0.1) is 0 Å². The van der Waals surface area contributed by atoms with Crippen molar-refractivity contribution in [2.75, 3.05) is 0 Å². The van der Waals surface area contributed by atoms with Crippen molar-refractivity contribution >= 4 is 0 Å². The summed E-state index contributed by atoms with van der Waals surface area (Å²) >= 11 is 0. The van der Waals surface area contributed by atoms with Crippen molar-refractivity contribution in [3.63, 3.8) is 0 Å². The summed E-state index contributed by atoms with van der Waals surface area (Å²) < 4.78 is 0. The molecule has 2 atom stereocenters. The maximum absolute atomic E-state index is 3.90. The van der Waals surface area contributed by atoms with Crippen molar-refractivity contribution < 1.29 is 0 Å². The molecule has 1 unspecified atom stereocenters. The SMILES string of the molecule is CCCC(N[C@@H](C)C1CCCCC1)c1ccccc1. The van der Waals surface area contributed by atoms with Gasteiger partial charge in [-0.05, 0) is 37.7 Å². The van der Waals surface area contributed by atoms with Crippen LogP contribution in [0.3, 0.4) is 0 Å². The van der Waals surface area contributed by atoms with Crippen molar-refractivity contribution in [3.05, 3.63) is 35.9 Å². The Balaban J connectivity index is 1.96. The second-order valence-electron chi connectivity index (χ2n) is 6.11. The van der Waals surface area contributed by atoms with E-state index < -0.39 is 0 Å². The van der Waals surface area contributed by atoms with Gasteiger partial charge in [-0.3, -0.25) is 0 Å². The fourth-order valence-electron chi connectivity index (χ4n) is 3.41. The molecule has 0 aromatic heterocycles. The van der Waals surface area contributed by atoms with E-state index in [-0.39, 0.29) is 0 Å². The molecule has 1 aromatic rings. The molecular formula is C18H29N. The average molecular weight is 259 g/mol. The number of rotatable bonds is 6. The molecule has 19 heavy (non-hydrogen) atoms. The molecule has 1 saturated carbocycles. The van der Waals surface area contributed by atoms with Crippen LogP contribution in [0.25, 0.3) is 0 Å². The third-order valence-corrected chi connectivity index (χ3v) is 4.60. The smallest absolute Gasteiger partial charge is 0.0322 e. The van der Waals surface area contributed by atoms with Gasteiger partial charge in [-0.2, -0.15) is 0 Å². The van der Waals surface area contributed by atoms with Gasteiger partial charge in [0.15, 0.2) is 0 Å². The van der Waals surface area contributed by atoms with Gasteiger partial charge in [0.1, 0.15) is 0 Å². The summed E-state index contributed by atoms with van der Waals surface area (Å²) in [6, 6.07) is 12.1. The largest absolute Gasteiger partial charge is 0.307 e. The standard InChI is InChI=1S/C18H29N/c1-3-10-18(17-13-8-5-9-14-17)19-15(2)16-11-6-4-7-12-16/h5,8-9,13-16,18-19H,3-4,6-7,10-12H2,1-2H3/t15-,18?/m0/s1. The van der Waals surface area contributed by atoms with E-state index in [1.165, 1.54) is 50.5 Å². The second kappa shape index (κ2) is 7.69. The van der Waals surface area contributed by atoms with Gasteiger partial charge in [0.25, 0.3) is 0 Å². The molecule has 1 heteroatoms. The van der Waals surface area contributed by atoms with E-state index in [0.717, 1.165) is 5.92 Å². The van der Waals surface area contributed by atoms with E-state index in [1.54, 1.807) is 0 Å². The first kappa shape index (κ1) is 14.6. The molecule has 2 rings (SSSR count). The van der Waals surface area contributed by atoms with Gasteiger partial charge in [-0.1, -0.05) is 62.9 Å². The Kier molecular flexibility index (Phi) is 5.91. The Labute approximate surface area is 118 Å². The van der Waals surface area contributed by atoms with E-state index in [4.69, 9.17) is 0 Å². The fraction of sp³-hybridized carbons (Fsp3) is 0.667. The molecular weight excluding hydrogens is 230 g/mol. The molecule has 1 nitrogen and oxygen atoms in total. The topological polar surface area (TPSA) is 12.0 Å². The molecule has 0 aliphatic heterocycles. The van der Waals surface area contributed by atoms with Gasteiger partial charge in [0, 0.05) is 12.1 Å². The zero-order chi connectivity index (χ0) is 13.5. The number of hydrogen-bond donors (Lipinski definition) is 1. The van der Waals surface area contributed by atoms with Crippen LogP contribution in [-0.4, -0.2) is 6.04 Å². The van der Waals surface area contributed by atoms with Gasteiger partial charge >= 0.3 is 0 Å². The van der Waals surface area contributed by atoms with Gasteiger partial charge < -0.3 is 5.32 Å². The van der Waals surface area contributed by atoms with Crippen LogP contribution in [0.15, 0.2) is 30.3 Å². The van der Waals surface area contributed by atoms with Crippen molar-refractivity contribution in [1.29, 1.82) is 0 Å². The molecule has 106 valence electrons. The molecule has 0 bridgehead atoms. The highest BCUT2D eigenvalue weighted by atomic mass is 15.0. The molecule has 1 aromatic carbocycles. The van der Waals surface area contributed by atoms with Crippen molar-refractivity contribution in [3.8, 4) is 0 Å². The lowest BCUT2D eigenvalue weighted by molar-refractivity contribution is 0.260. The lowest BCUT2D eigenvalue weighted by Crippen LogP contribution is -2.37. The maximum atomic E-state index is 3.90. The molecule has 0 radical (unpaired) electrons. The van der Waals surface area contributed by atoms with Crippen LogP contribution >= 0.6 is 0 Å². The van der Waals surface area contributed by atoms with Crippen molar-refractivity contribution in [1.82, 2.24) is 5.32 Å². The quantitative estimate of drug-likeness (QED) is 0.750. The first-order valence-corrected chi connectivity index (χ1v) is 8.12. The predicted octanol–water partition coefficient (Wildman–Crippen LogP) is 5.09. The highest BCUT2D eigenvalue weighted by molar-refractivity contribution is 5.19. The van der Waals surface area contributed by atoms with Crippen LogP contribution in [0, 0.1) is 5.92 Å².